The Morgan fingerprint density at radius 3 is 2.62 bits per heavy atom. The summed E-state index contributed by atoms with van der Waals surface area (Å²) in [4.78, 5) is 17.8. The summed E-state index contributed by atoms with van der Waals surface area (Å²) >= 11 is 6.88. The van der Waals surface area contributed by atoms with Crippen LogP contribution in [0.5, 0.6) is 11.5 Å². The number of ether oxygens (including phenoxy) is 2. The predicted octanol–water partition coefficient (Wildman–Crippen LogP) is 5.16. The van der Waals surface area contributed by atoms with Crippen molar-refractivity contribution in [3.8, 4) is 11.5 Å². The molecule has 1 heterocycles. The summed E-state index contributed by atoms with van der Waals surface area (Å²) in [6.45, 7) is 2.10. The van der Waals surface area contributed by atoms with Crippen LogP contribution in [0.3, 0.4) is 0 Å². The molecule has 29 heavy (non-hydrogen) atoms. The Bertz CT molecular complexity index is 1130. The van der Waals surface area contributed by atoms with Crippen LogP contribution in [0, 0.1) is 0 Å². The van der Waals surface area contributed by atoms with Crippen molar-refractivity contribution in [2.24, 2.45) is 5.10 Å². The molecule has 0 bridgehead atoms. The second-order valence-corrected chi connectivity index (χ2v) is 8.22. The average Bonchev–Trinajstić information content (AvgIpc) is 2.71. The standard InChI is InChI=1S/C21H21Br2N3O3/c1-4-5-6-19-25-17-8-7-14(22)10-16(17)21(27)26(19)24-12-13-9-15(23)11-18(28-2)20(13)29-3/h7-12H,4-6H2,1-3H3. The van der Waals surface area contributed by atoms with Gasteiger partial charge in [-0.1, -0.05) is 45.2 Å². The largest absolute Gasteiger partial charge is 0.493 e. The van der Waals surface area contributed by atoms with E-state index < -0.39 is 0 Å². The van der Waals surface area contributed by atoms with Crippen molar-refractivity contribution in [1.82, 2.24) is 9.66 Å². The van der Waals surface area contributed by atoms with Gasteiger partial charge in [-0.2, -0.15) is 9.78 Å². The fourth-order valence-electron chi connectivity index (χ4n) is 2.99. The molecule has 0 aliphatic carbocycles. The Balaban J connectivity index is 2.17. The van der Waals surface area contributed by atoms with Crippen molar-refractivity contribution in [3.05, 3.63) is 61.0 Å². The van der Waals surface area contributed by atoms with E-state index in [4.69, 9.17) is 9.47 Å². The van der Waals surface area contributed by atoms with E-state index in [2.05, 4.69) is 48.9 Å². The normalized spacial score (nSPS) is 11.3. The lowest BCUT2D eigenvalue weighted by atomic mass is 10.2. The molecule has 3 rings (SSSR count). The lowest BCUT2D eigenvalue weighted by Crippen LogP contribution is -2.22. The highest BCUT2D eigenvalue weighted by Crippen LogP contribution is 2.33. The number of rotatable bonds is 7. The fraction of sp³-hybridized carbons (Fsp3) is 0.286. The molecule has 0 radical (unpaired) electrons. The molecule has 152 valence electrons. The van der Waals surface area contributed by atoms with Crippen LogP contribution in [0.2, 0.25) is 0 Å². The van der Waals surface area contributed by atoms with E-state index >= 15 is 0 Å². The van der Waals surface area contributed by atoms with Crippen LogP contribution >= 0.6 is 31.9 Å². The maximum Gasteiger partial charge on any atom is 0.282 e. The van der Waals surface area contributed by atoms with Gasteiger partial charge < -0.3 is 9.47 Å². The second-order valence-electron chi connectivity index (χ2n) is 6.39. The molecule has 0 saturated carbocycles. The van der Waals surface area contributed by atoms with E-state index in [0.717, 1.165) is 21.8 Å². The van der Waals surface area contributed by atoms with Crippen LogP contribution in [-0.2, 0) is 6.42 Å². The van der Waals surface area contributed by atoms with E-state index in [-0.39, 0.29) is 5.56 Å². The van der Waals surface area contributed by atoms with E-state index in [1.807, 2.05) is 24.3 Å². The minimum absolute atomic E-state index is 0.209. The maximum atomic E-state index is 13.2. The zero-order chi connectivity index (χ0) is 21.0. The molecule has 0 saturated heterocycles. The van der Waals surface area contributed by atoms with Gasteiger partial charge in [-0.05, 0) is 36.8 Å². The molecule has 6 nitrogen and oxygen atoms in total. The monoisotopic (exact) mass is 521 g/mol. The van der Waals surface area contributed by atoms with Crippen molar-refractivity contribution in [2.45, 2.75) is 26.2 Å². The van der Waals surface area contributed by atoms with Gasteiger partial charge in [0, 0.05) is 20.9 Å². The summed E-state index contributed by atoms with van der Waals surface area (Å²) in [7, 11) is 3.14. The van der Waals surface area contributed by atoms with Gasteiger partial charge >= 0.3 is 0 Å². The number of methoxy groups -OCH3 is 2. The van der Waals surface area contributed by atoms with Gasteiger partial charge in [0.05, 0.1) is 31.3 Å². The van der Waals surface area contributed by atoms with Crippen molar-refractivity contribution in [2.75, 3.05) is 14.2 Å². The maximum absolute atomic E-state index is 13.2. The number of aromatic nitrogens is 2. The first-order valence-corrected chi connectivity index (χ1v) is 10.7. The van der Waals surface area contributed by atoms with Crippen LogP contribution in [0.1, 0.15) is 31.2 Å². The van der Waals surface area contributed by atoms with Crippen LogP contribution < -0.4 is 15.0 Å². The van der Waals surface area contributed by atoms with Gasteiger partial charge in [-0.15, -0.1) is 0 Å². The third-order valence-corrected chi connectivity index (χ3v) is 5.37. The van der Waals surface area contributed by atoms with Crippen LogP contribution in [0.4, 0.5) is 0 Å². The summed E-state index contributed by atoms with van der Waals surface area (Å²) in [5.41, 5.74) is 1.14. The SMILES string of the molecule is CCCCc1nc2ccc(Br)cc2c(=O)n1N=Cc1cc(Br)cc(OC)c1OC. The molecule has 0 N–H and O–H groups in total. The first kappa shape index (κ1) is 21.5. The number of hydrogen-bond donors (Lipinski definition) is 0. The van der Waals surface area contributed by atoms with Crippen LogP contribution in [-0.4, -0.2) is 30.1 Å². The number of nitrogens with zero attached hydrogens (tertiary/aromatic N) is 3. The molecule has 0 atom stereocenters. The lowest BCUT2D eigenvalue weighted by Gasteiger charge is -2.12. The Morgan fingerprint density at radius 2 is 1.93 bits per heavy atom. The topological polar surface area (TPSA) is 65.7 Å². The molecule has 8 heteroatoms. The molecule has 0 aliphatic rings. The molecule has 3 aromatic rings. The Kier molecular flexibility index (Phi) is 7.08. The van der Waals surface area contributed by atoms with Gasteiger partial charge in [0.25, 0.3) is 5.56 Å². The van der Waals surface area contributed by atoms with E-state index in [1.165, 1.54) is 4.68 Å². The summed E-state index contributed by atoms with van der Waals surface area (Å²) in [5.74, 6) is 1.74. The zero-order valence-corrected chi connectivity index (χ0v) is 19.6. The molecular formula is C21H21Br2N3O3. The van der Waals surface area contributed by atoms with E-state index in [1.54, 1.807) is 26.5 Å². The second kappa shape index (κ2) is 9.54. The van der Waals surface area contributed by atoms with Crippen molar-refractivity contribution in [1.29, 1.82) is 0 Å². The van der Waals surface area contributed by atoms with Gasteiger partial charge in [0.1, 0.15) is 5.82 Å². The summed E-state index contributed by atoms with van der Waals surface area (Å²) in [6, 6.07) is 9.15. The smallest absolute Gasteiger partial charge is 0.282 e. The molecule has 0 fully saturated rings. The van der Waals surface area contributed by atoms with Crippen molar-refractivity contribution < 1.29 is 9.47 Å². The highest BCUT2D eigenvalue weighted by atomic mass is 79.9. The Morgan fingerprint density at radius 1 is 1.14 bits per heavy atom. The molecular weight excluding hydrogens is 502 g/mol. The minimum atomic E-state index is -0.209. The minimum Gasteiger partial charge on any atom is -0.493 e. The van der Waals surface area contributed by atoms with Gasteiger partial charge in [-0.3, -0.25) is 4.79 Å². The third-order valence-electron chi connectivity index (χ3n) is 4.41. The van der Waals surface area contributed by atoms with Crippen molar-refractivity contribution in [3.63, 3.8) is 0 Å². The molecule has 0 unspecified atom stereocenters. The third kappa shape index (κ3) is 4.70. The first-order chi connectivity index (χ1) is 14.0. The highest BCUT2D eigenvalue weighted by molar-refractivity contribution is 9.10. The summed E-state index contributed by atoms with van der Waals surface area (Å²) < 4.78 is 13.9. The molecule has 0 amide bonds. The zero-order valence-electron chi connectivity index (χ0n) is 16.4. The Hall–Kier alpha value is -2.19. The summed E-state index contributed by atoms with van der Waals surface area (Å²) in [5, 5.41) is 4.99. The van der Waals surface area contributed by atoms with Crippen LogP contribution in [0.25, 0.3) is 10.9 Å². The number of benzene rings is 2. The van der Waals surface area contributed by atoms with E-state index in [9.17, 15) is 4.79 Å². The number of fused-ring (bicyclic) bond motifs is 1. The van der Waals surface area contributed by atoms with Crippen LogP contribution in [0.15, 0.2) is 49.2 Å². The van der Waals surface area contributed by atoms with Gasteiger partial charge in [0.15, 0.2) is 11.5 Å². The predicted molar refractivity (Wildman–Crippen MR) is 123 cm³/mol. The molecule has 0 spiro atoms. The number of hydrogen-bond acceptors (Lipinski definition) is 5. The number of aryl methyl sites for hydroxylation is 1. The lowest BCUT2D eigenvalue weighted by molar-refractivity contribution is 0.354. The Labute approximate surface area is 185 Å². The van der Waals surface area contributed by atoms with E-state index in [0.29, 0.717) is 40.2 Å². The van der Waals surface area contributed by atoms with Crippen molar-refractivity contribution >= 4 is 49.0 Å². The molecule has 2 aromatic carbocycles. The number of unbranched alkanes of at least 4 members (excludes halogenated alkanes) is 1. The highest BCUT2D eigenvalue weighted by Gasteiger charge is 2.13. The molecule has 0 aliphatic heterocycles. The molecule has 1 aromatic heterocycles. The fourth-order valence-corrected chi connectivity index (χ4v) is 3.80. The average molecular weight is 523 g/mol. The summed E-state index contributed by atoms with van der Waals surface area (Å²) in [6.07, 6.45) is 4.16. The quantitative estimate of drug-likeness (QED) is 0.402. The van der Waals surface area contributed by atoms with Gasteiger partial charge in [0.2, 0.25) is 0 Å². The number of halogens is 2. The first-order valence-electron chi connectivity index (χ1n) is 9.15. The van der Waals surface area contributed by atoms with Gasteiger partial charge in [-0.25, -0.2) is 4.98 Å².